The fourth-order valence-corrected chi connectivity index (χ4v) is 4.12. The van der Waals surface area contributed by atoms with Gasteiger partial charge in [-0.25, -0.2) is 8.42 Å². The maximum atomic E-state index is 12.5. The Morgan fingerprint density at radius 1 is 1.50 bits per heavy atom. The van der Waals surface area contributed by atoms with Crippen LogP contribution in [-0.2, 0) is 14.6 Å². The van der Waals surface area contributed by atoms with Crippen molar-refractivity contribution in [2.45, 2.75) is 51.2 Å². The summed E-state index contributed by atoms with van der Waals surface area (Å²) in [7, 11) is -3.38. The van der Waals surface area contributed by atoms with Gasteiger partial charge in [-0.3, -0.25) is 4.79 Å². The molecule has 2 heterocycles. The lowest BCUT2D eigenvalue weighted by molar-refractivity contribution is -0.131. The second-order valence-corrected chi connectivity index (χ2v) is 8.25. The summed E-state index contributed by atoms with van der Waals surface area (Å²) in [6.07, 6.45) is 2.20. The van der Waals surface area contributed by atoms with E-state index < -0.39 is 15.1 Å². The van der Waals surface area contributed by atoms with Crippen molar-refractivity contribution >= 4 is 15.7 Å². The van der Waals surface area contributed by atoms with Crippen molar-refractivity contribution in [3.05, 3.63) is 11.7 Å². The molecule has 0 radical (unpaired) electrons. The predicted molar refractivity (Wildman–Crippen MR) is 81.1 cm³/mol. The maximum absolute atomic E-state index is 12.5. The van der Waals surface area contributed by atoms with E-state index in [2.05, 4.69) is 10.1 Å². The van der Waals surface area contributed by atoms with Gasteiger partial charge < -0.3 is 9.42 Å². The molecule has 0 bridgehead atoms. The quantitative estimate of drug-likeness (QED) is 0.808. The van der Waals surface area contributed by atoms with E-state index >= 15 is 0 Å². The van der Waals surface area contributed by atoms with E-state index in [4.69, 9.17) is 4.52 Å². The van der Waals surface area contributed by atoms with Gasteiger partial charge in [-0.05, 0) is 26.2 Å². The molecule has 1 saturated heterocycles. The molecule has 1 aromatic heterocycles. The molecule has 1 amide bonds. The van der Waals surface area contributed by atoms with E-state index in [9.17, 15) is 13.2 Å². The largest absolute Gasteiger partial charge is 0.341 e. The van der Waals surface area contributed by atoms with E-state index in [-0.39, 0.29) is 17.6 Å². The zero-order valence-corrected chi connectivity index (χ0v) is 14.1. The molecule has 2 rings (SSSR count). The topological polar surface area (TPSA) is 93.4 Å². The van der Waals surface area contributed by atoms with Crippen LogP contribution in [0.4, 0.5) is 0 Å². The van der Waals surface area contributed by atoms with E-state index in [0.29, 0.717) is 31.2 Å². The Morgan fingerprint density at radius 2 is 2.23 bits per heavy atom. The van der Waals surface area contributed by atoms with Crippen LogP contribution in [0.1, 0.15) is 50.7 Å². The number of hydrogen-bond donors (Lipinski definition) is 0. The minimum atomic E-state index is -3.38. The van der Waals surface area contributed by atoms with Crippen molar-refractivity contribution < 1.29 is 17.7 Å². The maximum Gasteiger partial charge on any atom is 0.240 e. The average molecular weight is 329 g/mol. The summed E-state index contributed by atoms with van der Waals surface area (Å²) in [6.45, 7) is 6.03. The Labute approximate surface area is 131 Å². The van der Waals surface area contributed by atoms with Crippen LogP contribution in [-0.4, -0.2) is 53.5 Å². The highest BCUT2D eigenvalue weighted by Crippen LogP contribution is 2.25. The van der Waals surface area contributed by atoms with Gasteiger partial charge in [0, 0.05) is 25.9 Å². The number of hydrogen-bond acceptors (Lipinski definition) is 6. The molecule has 1 aromatic rings. The SMILES string of the molecule is CCCS(=O)(=O)[C@@H](C)C(=O)N1CCC[C@@H](c2noc(C)n2)C1. The van der Waals surface area contributed by atoms with Crippen LogP contribution >= 0.6 is 0 Å². The predicted octanol–water partition coefficient (Wildman–Crippen LogP) is 1.30. The molecule has 2 atom stereocenters. The van der Waals surface area contributed by atoms with E-state index in [1.54, 1.807) is 18.7 Å². The first-order valence-corrected chi connectivity index (χ1v) is 9.37. The van der Waals surface area contributed by atoms with Gasteiger partial charge in [0.25, 0.3) is 0 Å². The van der Waals surface area contributed by atoms with Crippen molar-refractivity contribution in [3.63, 3.8) is 0 Å². The van der Waals surface area contributed by atoms with Crippen molar-refractivity contribution in [3.8, 4) is 0 Å². The highest BCUT2D eigenvalue weighted by atomic mass is 32.2. The van der Waals surface area contributed by atoms with E-state index in [0.717, 1.165) is 12.8 Å². The number of rotatable bonds is 5. The second kappa shape index (κ2) is 6.76. The smallest absolute Gasteiger partial charge is 0.240 e. The number of piperidine rings is 1. The first-order valence-electron chi connectivity index (χ1n) is 7.65. The molecule has 8 heteroatoms. The molecule has 1 fully saturated rings. The zero-order chi connectivity index (χ0) is 16.3. The van der Waals surface area contributed by atoms with Gasteiger partial charge in [-0.2, -0.15) is 4.98 Å². The van der Waals surface area contributed by atoms with Crippen LogP contribution in [0.5, 0.6) is 0 Å². The van der Waals surface area contributed by atoms with Crippen molar-refractivity contribution in [2.75, 3.05) is 18.8 Å². The summed E-state index contributed by atoms with van der Waals surface area (Å²) in [5, 5.41) is 2.93. The number of sulfone groups is 1. The van der Waals surface area contributed by atoms with Crippen LogP contribution in [0.2, 0.25) is 0 Å². The molecule has 0 aromatic carbocycles. The first kappa shape index (κ1) is 16.9. The summed E-state index contributed by atoms with van der Waals surface area (Å²) < 4.78 is 29.2. The molecule has 0 unspecified atom stereocenters. The molecular formula is C14H23N3O4S. The zero-order valence-electron chi connectivity index (χ0n) is 13.3. The third-order valence-electron chi connectivity index (χ3n) is 4.02. The lowest BCUT2D eigenvalue weighted by Gasteiger charge is -2.32. The van der Waals surface area contributed by atoms with Gasteiger partial charge in [0.05, 0.1) is 5.75 Å². The van der Waals surface area contributed by atoms with Gasteiger partial charge in [0.15, 0.2) is 15.7 Å². The first-order chi connectivity index (χ1) is 10.3. The molecule has 7 nitrogen and oxygen atoms in total. The molecular weight excluding hydrogens is 306 g/mol. The summed E-state index contributed by atoms with van der Waals surface area (Å²) in [5.74, 6) is 0.826. The Hall–Kier alpha value is -1.44. The van der Waals surface area contributed by atoms with Crippen molar-refractivity contribution in [1.82, 2.24) is 15.0 Å². The van der Waals surface area contributed by atoms with Gasteiger partial charge in [0.2, 0.25) is 11.8 Å². The number of nitrogens with zero attached hydrogens (tertiary/aromatic N) is 3. The van der Waals surface area contributed by atoms with E-state index in [1.165, 1.54) is 6.92 Å². The van der Waals surface area contributed by atoms with Crippen LogP contribution in [0.25, 0.3) is 0 Å². The third-order valence-corrected chi connectivity index (χ3v) is 6.27. The van der Waals surface area contributed by atoms with Crippen LogP contribution in [0, 0.1) is 6.92 Å². The molecule has 22 heavy (non-hydrogen) atoms. The summed E-state index contributed by atoms with van der Waals surface area (Å²) in [4.78, 5) is 18.3. The number of carbonyl (C=O) groups excluding carboxylic acids is 1. The minimum absolute atomic E-state index is 0.0104. The number of amides is 1. The standard InChI is InChI=1S/C14H23N3O4S/c1-4-8-22(19,20)10(2)14(18)17-7-5-6-12(9-17)13-15-11(3)21-16-13/h10,12H,4-9H2,1-3H3/t10-,12+/m0/s1. The molecule has 1 aliphatic rings. The van der Waals surface area contributed by atoms with Crippen LogP contribution < -0.4 is 0 Å². The highest BCUT2D eigenvalue weighted by molar-refractivity contribution is 7.92. The summed E-state index contributed by atoms with van der Waals surface area (Å²) in [6, 6.07) is 0. The Bertz CT molecular complexity index is 626. The lowest BCUT2D eigenvalue weighted by Crippen LogP contribution is -2.46. The fraction of sp³-hybridized carbons (Fsp3) is 0.786. The average Bonchev–Trinajstić information content (AvgIpc) is 2.92. The number of likely N-dealkylation sites (tertiary alicyclic amines) is 1. The van der Waals surface area contributed by atoms with Gasteiger partial charge >= 0.3 is 0 Å². The molecule has 0 aliphatic carbocycles. The summed E-state index contributed by atoms with van der Waals surface area (Å²) >= 11 is 0. The van der Waals surface area contributed by atoms with Crippen LogP contribution in [0.3, 0.4) is 0 Å². The Balaban J connectivity index is 2.07. The van der Waals surface area contributed by atoms with Gasteiger partial charge in [-0.1, -0.05) is 12.1 Å². The third kappa shape index (κ3) is 3.66. The Kier molecular flexibility index (Phi) is 5.20. The molecule has 0 N–H and O–H groups in total. The van der Waals surface area contributed by atoms with E-state index in [1.807, 2.05) is 0 Å². The van der Waals surface area contributed by atoms with Crippen LogP contribution in [0.15, 0.2) is 4.52 Å². The normalized spacial score (nSPS) is 20.9. The van der Waals surface area contributed by atoms with Gasteiger partial charge in [-0.15, -0.1) is 0 Å². The number of aromatic nitrogens is 2. The van der Waals surface area contributed by atoms with Crippen molar-refractivity contribution in [1.29, 1.82) is 0 Å². The highest BCUT2D eigenvalue weighted by Gasteiger charge is 2.34. The van der Waals surface area contributed by atoms with Gasteiger partial charge in [0.1, 0.15) is 5.25 Å². The molecule has 0 spiro atoms. The lowest BCUT2D eigenvalue weighted by atomic mass is 9.97. The minimum Gasteiger partial charge on any atom is -0.341 e. The molecule has 0 saturated carbocycles. The number of aryl methyl sites for hydroxylation is 1. The monoisotopic (exact) mass is 329 g/mol. The van der Waals surface area contributed by atoms with Crippen molar-refractivity contribution in [2.24, 2.45) is 0 Å². The fourth-order valence-electron chi connectivity index (χ4n) is 2.74. The molecule has 124 valence electrons. The summed E-state index contributed by atoms with van der Waals surface area (Å²) in [5.41, 5.74) is 0. The Morgan fingerprint density at radius 3 is 2.82 bits per heavy atom. The second-order valence-electron chi connectivity index (χ2n) is 5.80. The number of carbonyl (C=O) groups is 1. The molecule has 1 aliphatic heterocycles.